The first-order valence-corrected chi connectivity index (χ1v) is 8.91. The molecule has 5 nitrogen and oxygen atoms in total. The highest BCUT2D eigenvalue weighted by molar-refractivity contribution is 5.36. The standard InChI is InChI=1S/C20H27NO4/c1-19(24)10-14-25-20(18(19)23)8-11-21(12-9-20)15-17-6-4-16(5-7-17)3-2-13-22/h4-7,18,22-24H,8-15H2,1H3/t18-,19+/m0/s1. The summed E-state index contributed by atoms with van der Waals surface area (Å²) < 4.78 is 5.93. The minimum Gasteiger partial charge on any atom is -0.387 e. The highest BCUT2D eigenvalue weighted by Crippen LogP contribution is 2.39. The number of benzene rings is 1. The smallest absolute Gasteiger partial charge is 0.111 e. The molecule has 136 valence electrons. The third kappa shape index (κ3) is 4.05. The molecule has 2 aliphatic rings. The van der Waals surface area contributed by atoms with Gasteiger partial charge in [0.2, 0.25) is 0 Å². The Morgan fingerprint density at radius 3 is 2.52 bits per heavy atom. The lowest BCUT2D eigenvalue weighted by Crippen LogP contribution is -2.64. The molecule has 1 spiro atoms. The summed E-state index contributed by atoms with van der Waals surface area (Å²) in [5.74, 6) is 5.54. The Kier molecular flexibility index (Phi) is 5.47. The van der Waals surface area contributed by atoms with Crippen LogP contribution in [-0.4, -0.2) is 63.8 Å². The van der Waals surface area contributed by atoms with Crippen LogP contribution in [0, 0.1) is 11.8 Å². The van der Waals surface area contributed by atoms with Crippen molar-refractivity contribution in [3.05, 3.63) is 35.4 Å². The fourth-order valence-corrected chi connectivity index (χ4v) is 3.84. The fraction of sp³-hybridized carbons (Fsp3) is 0.600. The van der Waals surface area contributed by atoms with Gasteiger partial charge >= 0.3 is 0 Å². The summed E-state index contributed by atoms with van der Waals surface area (Å²) in [6, 6.07) is 8.05. The molecular formula is C20H27NO4. The molecule has 1 aromatic rings. The maximum atomic E-state index is 10.6. The summed E-state index contributed by atoms with van der Waals surface area (Å²) in [6.45, 7) is 4.59. The summed E-state index contributed by atoms with van der Waals surface area (Å²) in [7, 11) is 0. The van der Waals surface area contributed by atoms with Gasteiger partial charge in [0.05, 0.1) is 17.8 Å². The van der Waals surface area contributed by atoms with Gasteiger partial charge in [-0.3, -0.25) is 4.90 Å². The van der Waals surface area contributed by atoms with E-state index in [9.17, 15) is 10.2 Å². The van der Waals surface area contributed by atoms with E-state index in [-0.39, 0.29) is 6.61 Å². The number of piperidine rings is 1. The Morgan fingerprint density at radius 2 is 1.88 bits per heavy atom. The predicted molar refractivity (Wildman–Crippen MR) is 94.8 cm³/mol. The number of aliphatic hydroxyl groups excluding tert-OH is 2. The molecule has 0 bridgehead atoms. The zero-order valence-corrected chi connectivity index (χ0v) is 14.7. The Morgan fingerprint density at radius 1 is 1.20 bits per heavy atom. The van der Waals surface area contributed by atoms with Crippen LogP contribution in [0.4, 0.5) is 0 Å². The van der Waals surface area contributed by atoms with Gasteiger partial charge < -0.3 is 20.1 Å². The van der Waals surface area contributed by atoms with E-state index in [0.29, 0.717) is 13.0 Å². The van der Waals surface area contributed by atoms with Gasteiger partial charge in [0, 0.05) is 31.6 Å². The van der Waals surface area contributed by atoms with E-state index in [0.717, 1.165) is 38.0 Å². The van der Waals surface area contributed by atoms with E-state index in [1.807, 2.05) is 12.1 Å². The molecule has 0 radical (unpaired) electrons. The lowest BCUT2D eigenvalue weighted by atomic mass is 9.75. The molecule has 25 heavy (non-hydrogen) atoms. The van der Waals surface area contributed by atoms with Crippen molar-refractivity contribution >= 4 is 0 Å². The molecule has 0 saturated carbocycles. The Hall–Kier alpha value is -1.42. The van der Waals surface area contributed by atoms with Crippen molar-refractivity contribution in [3.8, 4) is 11.8 Å². The molecule has 0 aliphatic carbocycles. The molecule has 2 fully saturated rings. The summed E-state index contributed by atoms with van der Waals surface area (Å²) >= 11 is 0. The van der Waals surface area contributed by atoms with Gasteiger partial charge in [-0.25, -0.2) is 0 Å². The van der Waals surface area contributed by atoms with Crippen LogP contribution in [0.15, 0.2) is 24.3 Å². The molecule has 0 unspecified atom stereocenters. The summed E-state index contributed by atoms with van der Waals surface area (Å²) in [6.07, 6.45) is 1.10. The first-order chi connectivity index (χ1) is 12.0. The third-order valence-electron chi connectivity index (χ3n) is 5.46. The summed E-state index contributed by atoms with van der Waals surface area (Å²) in [5.41, 5.74) is 0.437. The molecule has 2 atom stereocenters. The molecule has 0 amide bonds. The first-order valence-electron chi connectivity index (χ1n) is 8.91. The average molecular weight is 345 g/mol. The molecule has 2 aliphatic heterocycles. The van der Waals surface area contributed by atoms with E-state index in [2.05, 4.69) is 28.9 Å². The number of likely N-dealkylation sites (tertiary alicyclic amines) is 1. The summed E-state index contributed by atoms with van der Waals surface area (Å²) in [4.78, 5) is 2.35. The van der Waals surface area contributed by atoms with Crippen LogP contribution < -0.4 is 0 Å². The first kappa shape index (κ1) is 18.4. The van der Waals surface area contributed by atoms with E-state index < -0.39 is 17.3 Å². The van der Waals surface area contributed by atoms with Crippen LogP contribution in [0.5, 0.6) is 0 Å². The molecule has 2 heterocycles. The second kappa shape index (κ2) is 7.45. The zero-order chi connectivity index (χ0) is 17.9. The Bertz CT molecular complexity index is 636. The maximum Gasteiger partial charge on any atom is 0.111 e. The van der Waals surface area contributed by atoms with E-state index in [4.69, 9.17) is 9.84 Å². The molecule has 3 N–H and O–H groups in total. The molecule has 0 aromatic heterocycles. The van der Waals surface area contributed by atoms with Crippen LogP contribution >= 0.6 is 0 Å². The highest BCUT2D eigenvalue weighted by Gasteiger charge is 2.52. The number of hydrogen-bond acceptors (Lipinski definition) is 5. The second-order valence-corrected chi connectivity index (χ2v) is 7.36. The normalized spacial score (nSPS) is 29.2. The van der Waals surface area contributed by atoms with Crippen LogP contribution in [0.2, 0.25) is 0 Å². The number of rotatable bonds is 2. The molecular weight excluding hydrogens is 318 g/mol. The SMILES string of the molecule is C[C@@]1(O)CCOC2(CCN(Cc3ccc(C#CCO)cc3)CC2)[C@H]1O. The topological polar surface area (TPSA) is 73.2 Å². The van der Waals surface area contributed by atoms with Crippen molar-refractivity contribution in [1.29, 1.82) is 0 Å². The maximum absolute atomic E-state index is 10.6. The van der Waals surface area contributed by atoms with Crippen LogP contribution in [0.3, 0.4) is 0 Å². The van der Waals surface area contributed by atoms with E-state index in [1.54, 1.807) is 6.92 Å². The fourth-order valence-electron chi connectivity index (χ4n) is 3.84. The predicted octanol–water partition coefficient (Wildman–Crippen LogP) is 0.897. The minimum atomic E-state index is -1.06. The second-order valence-electron chi connectivity index (χ2n) is 7.36. The Labute approximate surface area is 149 Å². The van der Waals surface area contributed by atoms with Crippen molar-refractivity contribution in [2.24, 2.45) is 0 Å². The average Bonchev–Trinajstić information content (AvgIpc) is 2.61. The molecule has 5 heteroatoms. The zero-order valence-electron chi connectivity index (χ0n) is 14.7. The quantitative estimate of drug-likeness (QED) is 0.695. The van der Waals surface area contributed by atoms with Gasteiger partial charge in [-0.1, -0.05) is 24.0 Å². The van der Waals surface area contributed by atoms with Gasteiger partial charge in [-0.05, 0) is 37.5 Å². The monoisotopic (exact) mass is 345 g/mol. The lowest BCUT2D eigenvalue weighted by Gasteiger charge is -2.51. The highest BCUT2D eigenvalue weighted by atomic mass is 16.5. The Balaban J connectivity index is 1.57. The summed E-state index contributed by atoms with van der Waals surface area (Å²) in [5, 5.41) is 29.7. The van der Waals surface area contributed by atoms with Crippen molar-refractivity contribution < 1.29 is 20.1 Å². The van der Waals surface area contributed by atoms with Gasteiger partial charge in [-0.15, -0.1) is 0 Å². The third-order valence-corrected chi connectivity index (χ3v) is 5.46. The van der Waals surface area contributed by atoms with E-state index in [1.165, 1.54) is 5.56 Å². The molecule has 2 saturated heterocycles. The van der Waals surface area contributed by atoms with Crippen molar-refractivity contribution in [3.63, 3.8) is 0 Å². The molecule has 3 rings (SSSR count). The van der Waals surface area contributed by atoms with Crippen LogP contribution in [0.25, 0.3) is 0 Å². The number of ether oxygens (including phenoxy) is 1. The van der Waals surface area contributed by atoms with Gasteiger partial charge in [0.15, 0.2) is 0 Å². The van der Waals surface area contributed by atoms with Crippen LogP contribution in [0.1, 0.15) is 37.3 Å². The number of nitrogens with zero attached hydrogens (tertiary/aromatic N) is 1. The van der Waals surface area contributed by atoms with Gasteiger partial charge in [0.25, 0.3) is 0 Å². The van der Waals surface area contributed by atoms with Crippen molar-refractivity contribution in [2.75, 3.05) is 26.3 Å². The lowest BCUT2D eigenvalue weighted by molar-refractivity contribution is -0.246. The van der Waals surface area contributed by atoms with E-state index >= 15 is 0 Å². The minimum absolute atomic E-state index is 0.127. The van der Waals surface area contributed by atoms with Crippen molar-refractivity contribution in [1.82, 2.24) is 4.90 Å². The van der Waals surface area contributed by atoms with Crippen LogP contribution in [-0.2, 0) is 11.3 Å². The number of hydrogen-bond donors (Lipinski definition) is 3. The van der Waals surface area contributed by atoms with Gasteiger partial charge in [0.1, 0.15) is 12.7 Å². The van der Waals surface area contributed by atoms with Crippen molar-refractivity contribution in [2.45, 2.75) is 50.0 Å². The van der Waals surface area contributed by atoms with Gasteiger partial charge in [-0.2, -0.15) is 0 Å². The number of aliphatic hydroxyl groups is 3. The largest absolute Gasteiger partial charge is 0.387 e. The molecule has 1 aromatic carbocycles.